The van der Waals surface area contributed by atoms with Crippen molar-refractivity contribution in [1.29, 1.82) is 0 Å². The molecule has 3 heteroatoms. The van der Waals surface area contributed by atoms with Crippen LogP contribution in [0.5, 0.6) is 5.75 Å². The fourth-order valence-corrected chi connectivity index (χ4v) is 2.31. The average Bonchev–Trinajstić information content (AvgIpc) is 2.30. The zero-order valence-corrected chi connectivity index (χ0v) is 10.8. The molecule has 94 valence electrons. The van der Waals surface area contributed by atoms with Gasteiger partial charge in [-0.05, 0) is 31.5 Å². The highest BCUT2D eigenvalue weighted by molar-refractivity contribution is 5.28. The molecule has 1 aliphatic heterocycles. The van der Waals surface area contributed by atoms with Gasteiger partial charge in [-0.3, -0.25) is 4.90 Å². The molecule has 1 aromatic rings. The van der Waals surface area contributed by atoms with E-state index in [4.69, 9.17) is 4.74 Å². The second-order valence-corrected chi connectivity index (χ2v) is 4.67. The van der Waals surface area contributed by atoms with E-state index >= 15 is 0 Å². The van der Waals surface area contributed by atoms with Crippen molar-refractivity contribution in [3.63, 3.8) is 0 Å². The molecule has 0 aromatic heterocycles. The van der Waals surface area contributed by atoms with Crippen LogP contribution in [0.25, 0.3) is 0 Å². The smallest absolute Gasteiger partial charge is 0.119 e. The van der Waals surface area contributed by atoms with Gasteiger partial charge in [-0.15, -0.1) is 0 Å². The van der Waals surface area contributed by atoms with Crippen molar-refractivity contribution >= 4 is 0 Å². The van der Waals surface area contributed by atoms with Crippen LogP contribution in [0.3, 0.4) is 0 Å². The molecule has 0 radical (unpaired) electrons. The highest BCUT2D eigenvalue weighted by atomic mass is 16.5. The van der Waals surface area contributed by atoms with Gasteiger partial charge in [-0.2, -0.15) is 0 Å². The Morgan fingerprint density at radius 2 is 2.35 bits per heavy atom. The van der Waals surface area contributed by atoms with Crippen LogP contribution in [-0.2, 0) is 6.54 Å². The first-order chi connectivity index (χ1) is 8.28. The first-order valence-corrected chi connectivity index (χ1v) is 6.45. The summed E-state index contributed by atoms with van der Waals surface area (Å²) in [5.74, 6) is 0.980. The van der Waals surface area contributed by atoms with Crippen molar-refractivity contribution in [3.8, 4) is 5.75 Å². The molecular formula is C14H22N2O. The topological polar surface area (TPSA) is 24.5 Å². The van der Waals surface area contributed by atoms with Gasteiger partial charge in [0.2, 0.25) is 0 Å². The molecule has 1 N–H and O–H groups in total. The van der Waals surface area contributed by atoms with Crippen molar-refractivity contribution < 1.29 is 4.74 Å². The number of benzene rings is 1. The molecule has 1 saturated heterocycles. The van der Waals surface area contributed by atoms with Crippen LogP contribution in [0.4, 0.5) is 0 Å². The van der Waals surface area contributed by atoms with Gasteiger partial charge >= 0.3 is 0 Å². The molecule has 1 atom stereocenters. The lowest BCUT2D eigenvalue weighted by molar-refractivity contribution is 0.199. The van der Waals surface area contributed by atoms with E-state index < -0.39 is 0 Å². The van der Waals surface area contributed by atoms with Gasteiger partial charge in [-0.1, -0.05) is 12.1 Å². The zero-order valence-electron chi connectivity index (χ0n) is 10.8. The van der Waals surface area contributed by atoms with E-state index in [1.165, 1.54) is 5.56 Å². The highest BCUT2D eigenvalue weighted by Gasteiger charge is 2.15. The highest BCUT2D eigenvalue weighted by Crippen LogP contribution is 2.15. The minimum absolute atomic E-state index is 0.596. The van der Waals surface area contributed by atoms with Gasteiger partial charge in [0.15, 0.2) is 0 Å². The Kier molecular flexibility index (Phi) is 4.40. The van der Waals surface area contributed by atoms with Crippen molar-refractivity contribution in [2.45, 2.75) is 26.4 Å². The Morgan fingerprint density at radius 3 is 3.12 bits per heavy atom. The number of piperazine rings is 1. The molecule has 2 rings (SSSR count). The Balaban J connectivity index is 1.95. The summed E-state index contributed by atoms with van der Waals surface area (Å²) in [4.78, 5) is 2.49. The Bertz CT molecular complexity index is 354. The molecule has 0 bridgehead atoms. The Morgan fingerprint density at radius 1 is 1.47 bits per heavy atom. The van der Waals surface area contributed by atoms with Crippen molar-refractivity contribution in [2.24, 2.45) is 0 Å². The van der Waals surface area contributed by atoms with E-state index in [1.54, 1.807) is 0 Å². The lowest BCUT2D eigenvalue weighted by Crippen LogP contribution is -2.48. The maximum absolute atomic E-state index is 5.53. The first-order valence-electron chi connectivity index (χ1n) is 6.45. The maximum atomic E-state index is 5.53. The minimum Gasteiger partial charge on any atom is -0.494 e. The summed E-state index contributed by atoms with van der Waals surface area (Å²) in [6, 6.07) is 9.02. The van der Waals surface area contributed by atoms with Gasteiger partial charge in [0.05, 0.1) is 6.61 Å². The predicted molar refractivity (Wildman–Crippen MR) is 70.4 cm³/mol. The molecule has 1 heterocycles. The zero-order chi connectivity index (χ0) is 12.1. The van der Waals surface area contributed by atoms with E-state index in [0.29, 0.717) is 6.04 Å². The first kappa shape index (κ1) is 12.4. The van der Waals surface area contributed by atoms with Crippen LogP contribution in [0.2, 0.25) is 0 Å². The summed E-state index contributed by atoms with van der Waals surface area (Å²) in [7, 11) is 0. The van der Waals surface area contributed by atoms with E-state index in [0.717, 1.165) is 38.5 Å². The van der Waals surface area contributed by atoms with Crippen LogP contribution in [0.1, 0.15) is 19.4 Å². The van der Waals surface area contributed by atoms with Crippen LogP contribution in [0, 0.1) is 0 Å². The van der Waals surface area contributed by atoms with Crippen molar-refractivity contribution in [2.75, 3.05) is 26.2 Å². The summed E-state index contributed by atoms with van der Waals surface area (Å²) < 4.78 is 5.53. The number of nitrogens with zero attached hydrogens (tertiary/aromatic N) is 1. The predicted octanol–water partition coefficient (Wildman–Crippen LogP) is 1.88. The molecular weight excluding hydrogens is 212 g/mol. The molecule has 3 nitrogen and oxygen atoms in total. The Labute approximate surface area is 104 Å². The Hall–Kier alpha value is -1.06. The van der Waals surface area contributed by atoms with Crippen LogP contribution >= 0.6 is 0 Å². The van der Waals surface area contributed by atoms with E-state index in [-0.39, 0.29) is 0 Å². The molecule has 0 saturated carbocycles. The normalized spacial score (nSPS) is 21.4. The third-order valence-electron chi connectivity index (χ3n) is 3.07. The molecule has 1 aromatic carbocycles. The standard InChI is InChI=1S/C14H22N2O/c1-3-17-14-6-4-5-13(9-14)11-16-8-7-15-12(2)10-16/h4-6,9,12,15H,3,7-8,10-11H2,1-2H3. The molecule has 17 heavy (non-hydrogen) atoms. The van der Waals surface area contributed by atoms with Gasteiger partial charge in [0.1, 0.15) is 5.75 Å². The molecule has 1 fully saturated rings. The lowest BCUT2D eigenvalue weighted by Gasteiger charge is -2.31. The van der Waals surface area contributed by atoms with E-state index in [2.05, 4.69) is 35.3 Å². The molecule has 0 spiro atoms. The number of rotatable bonds is 4. The maximum Gasteiger partial charge on any atom is 0.119 e. The summed E-state index contributed by atoms with van der Waals surface area (Å²) >= 11 is 0. The number of nitrogens with one attached hydrogen (secondary N) is 1. The van der Waals surface area contributed by atoms with E-state index in [1.807, 2.05) is 13.0 Å². The summed E-state index contributed by atoms with van der Waals surface area (Å²) in [6.07, 6.45) is 0. The summed E-state index contributed by atoms with van der Waals surface area (Å²) in [6.45, 7) is 9.35. The number of hydrogen-bond acceptors (Lipinski definition) is 3. The fourth-order valence-electron chi connectivity index (χ4n) is 2.31. The van der Waals surface area contributed by atoms with Crippen LogP contribution in [0.15, 0.2) is 24.3 Å². The SMILES string of the molecule is CCOc1cccc(CN2CCNC(C)C2)c1. The van der Waals surface area contributed by atoms with Gasteiger partial charge in [0, 0.05) is 32.2 Å². The minimum atomic E-state index is 0.596. The fraction of sp³-hybridized carbons (Fsp3) is 0.571. The average molecular weight is 234 g/mol. The third-order valence-corrected chi connectivity index (χ3v) is 3.07. The molecule has 0 amide bonds. The second-order valence-electron chi connectivity index (χ2n) is 4.67. The van der Waals surface area contributed by atoms with Crippen molar-refractivity contribution in [1.82, 2.24) is 10.2 Å². The summed E-state index contributed by atoms with van der Waals surface area (Å²) in [5.41, 5.74) is 1.34. The lowest BCUT2D eigenvalue weighted by atomic mass is 10.1. The molecule has 0 aliphatic carbocycles. The van der Waals surface area contributed by atoms with E-state index in [9.17, 15) is 0 Å². The quantitative estimate of drug-likeness (QED) is 0.861. The molecule has 1 unspecified atom stereocenters. The van der Waals surface area contributed by atoms with Gasteiger partial charge in [-0.25, -0.2) is 0 Å². The number of ether oxygens (including phenoxy) is 1. The monoisotopic (exact) mass is 234 g/mol. The third kappa shape index (κ3) is 3.72. The largest absolute Gasteiger partial charge is 0.494 e. The van der Waals surface area contributed by atoms with Crippen LogP contribution in [-0.4, -0.2) is 37.2 Å². The summed E-state index contributed by atoms with van der Waals surface area (Å²) in [5, 5.41) is 3.46. The van der Waals surface area contributed by atoms with Crippen molar-refractivity contribution in [3.05, 3.63) is 29.8 Å². The van der Waals surface area contributed by atoms with Gasteiger partial charge < -0.3 is 10.1 Å². The molecule has 1 aliphatic rings. The van der Waals surface area contributed by atoms with Crippen LogP contribution < -0.4 is 10.1 Å². The van der Waals surface area contributed by atoms with Gasteiger partial charge in [0.25, 0.3) is 0 Å². The second kappa shape index (κ2) is 6.03. The number of hydrogen-bond donors (Lipinski definition) is 1.